The van der Waals surface area contributed by atoms with Gasteiger partial charge in [0, 0.05) is 6.42 Å². The van der Waals surface area contributed by atoms with Crippen molar-refractivity contribution in [2.24, 2.45) is 0 Å². The SMILES string of the molecule is CCOP(=O)(N[C@@H](CCC(=O)O)C(=O)O)c1ccccc1. The first kappa shape index (κ1) is 17.4. The van der Waals surface area contributed by atoms with E-state index in [1.165, 1.54) is 0 Å². The number of benzene rings is 1. The number of nitrogens with one attached hydrogen (secondary N) is 1. The normalized spacial score (nSPS) is 15.1. The van der Waals surface area contributed by atoms with Crippen LogP contribution in [0.3, 0.4) is 0 Å². The summed E-state index contributed by atoms with van der Waals surface area (Å²) < 4.78 is 18.1. The number of carbonyl (C=O) groups is 2. The Morgan fingerprint density at radius 3 is 2.38 bits per heavy atom. The maximum atomic E-state index is 12.8. The minimum atomic E-state index is -3.57. The van der Waals surface area contributed by atoms with Crippen molar-refractivity contribution in [3.05, 3.63) is 30.3 Å². The fourth-order valence-electron chi connectivity index (χ4n) is 1.71. The van der Waals surface area contributed by atoms with Crippen LogP contribution in [0.4, 0.5) is 0 Å². The van der Waals surface area contributed by atoms with Crippen LogP contribution in [-0.2, 0) is 18.7 Å². The monoisotopic (exact) mass is 315 g/mol. The molecule has 0 aliphatic heterocycles. The van der Waals surface area contributed by atoms with Crippen LogP contribution in [0.15, 0.2) is 30.3 Å². The van der Waals surface area contributed by atoms with Crippen molar-refractivity contribution >= 4 is 24.8 Å². The Labute approximate surface area is 122 Å². The van der Waals surface area contributed by atoms with Crippen molar-refractivity contribution in [1.29, 1.82) is 0 Å². The third-order valence-electron chi connectivity index (χ3n) is 2.68. The van der Waals surface area contributed by atoms with Crippen LogP contribution in [0.1, 0.15) is 19.8 Å². The van der Waals surface area contributed by atoms with E-state index in [9.17, 15) is 14.2 Å². The molecule has 0 amide bonds. The summed E-state index contributed by atoms with van der Waals surface area (Å²) in [6, 6.07) is 6.93. The number of carboxylic acids is 2. The van der Waals surface area contributed by atoms with Gasteiger partial charge in [-0.05, 0) is 25.5 Å². The van der Waals surface area contributed by atoms with Gasteiger partial charge in [-0.25, -0.2) is 5.09 Å². The zero-order valence-corrected chi connectivity index (χ0v) is 12.5. The van der Waals surface area contributed by atoms with Crippen molar-refractivity contribution in [1.82, 2.24) is 5.09 Å². The predicted octanol–water partition coefficient (Wildman–Crippen LogP) is 1.45. The van der Waals surface area contributed by atoms with Crippen LogP contribution < -0.4 is 10.4 Å². The third-order valence-corrected chi connectivity index (χ3v) is 4.93. The molecule has 0 heterocycles. The summed E-state index contributed by atoms with van der Waals surface area (Å²) in [4.78, 5) is 21.8. The Balaban J connectivity index is 2.96. The number of hydrogen-bond acceptors (Lipinski definition) is 4. The molecule has 3 N–H and O–H groups in total. The average Bonchev–Trinajstić information content (AvgIpc) is 2.44. The minimum Gasteiger partial charge on any atom is -0.481 e. The molecule has 1 unspecified atom stereocenters. The van der Waals surface area contributed by atoms with Gasteiger partial charge in [0.05, 0.1) is 11.9 Å². The van der Waals surface area contributed by atoms with Gasteiger partial charge in [-0.3, -0.25) is 14.2 Å². The summed E-state index contributed by atoms with van der Waals surface area (Å²) in [5.74, 6) is -2.39. The van der Waals surface area contributed by atoms with Gasteiger partial charge < -0.3 is 14.7 Å². The molecule has 0 bridgehead atoms. The molecule has 0 spiro atoms. The highest BCUT2D eigenvalue weighted by Crippen LogP contribution is 2.41. The zero-order valence-electron chi connectivity index (χ0n) is 11.6. The van der Waals surface area contributed by atoms with Gasteiger partial charge in [-0.2, -0.15) is 0 Å². The van der Waals surface area contributed by atoms with Gasteiger partial charge in [0.2, 0.25) is 0 Å². The first-order valence-electron chi connectivity index (χ1n) is 6.41. The largest absolute Gasteiger partial charge is 0.481 e. The quantitative estimate of drug-likeness (QED) is 0.591. The highest BCUT2D eigenvalue weighted by atomic mass is 31.2. The summed E-state index contributed by atoms with van der Waals surface area (Å²) in [6.07, 6.45) is -0.528. The molecule has 0 saturated heterocycles. The van der Waals surface area contributed by atoms with Gasteiger partial charge in [0.15, 0.2) is 0 Å². The first-order valence-corrected chi connectivity index (χ1v) is 8.04. The Morgan fingerprint density at radius 1 is 1.29 bits per heavy atom. The number of rotatable bonds is 9. The molecule has 0 radical (unpaired) electrons. The van der Waals surface area contributed by atoms with Gasteiger partial charge in [0.1, 0.15) is 6.04 Å². The molecule has 0 saturated carbocycles. The standard InChI is InChI=1S/C13H18NO6P/c1-2-20-21(19,10-6-4-3-5-7-10)14-11(13(17)18)8-9-12(15)16/h3-7,11H,2,8-9H2,1H3,(H,14,19)(H,15,16)(H,17,18)/t11-,21?/m0/s1. The molecule has 0 aromatic heterocycles. The van der Waals surface area contributed by atoms with E-state index < -0.39 is 25.5 Å². The molecule has 8 heteroatoms. The second-order valence-corrected chi connectivity index (χ2v) is 6.39. The Kier molecular flexibility index (Phi) is 6.55. The first-order chi connectivity index (χ1) is 9.89. The second-order valence-electron chi connectivity index (χ2n) is 4.26. The highest BCUT2D eigenvalue weighted by molar-refractivity contribution is 7.65. The highest BCUT2D eigenvalue weighted by Gasteiger charge is 2.32. The van der Waals surface area contributed by atoms with Gasteiger partial charge >= 0.3 is 11.9 Å². The maximum Gasteiger partial charge on any atom is 0.321 e. The smallest absolute Gasteiger partial charge is 0.321 e. The van der Waals surface area contributed by atoms with Crippen molar-refractivity contribution in [2.45, 2.75) is 25.8 Å². The maximum absolute atomic E-state index is 12.8. The molecule has 116 valence electrons. The van der Waals surface area contributed by atoms with E-state index in [-0.39, 0.29) is 19.4 Å². The molecule has 0 aliphatic carbocycles. The summed E-state index contributed by atoms with van der Waals surface area (Å²) in [5.41, 5.74) is 0. The van der Waals surface area contributed by atoms with E-state index in [1.54, 1.807) is 37.3 Å². The van der Waals surface area contributed by atoms with Crippen molar-refractivity contribution in [2.75, 3.05) is 6.61 Å². The number of aliphatic carboxylic acids is 2. The van der Waals surface area contributed by atoms with Crippen LogP contribution in [-0.4, -0.2) is 34.8 Å². The Bertz CT molecular complexity index is 533. The zero-order chi connectivity index (χ0) is 15.9. The Morgan fingerprint density at radius 2 is 1.90 bits per heavy atom. The lowest BCUT2D eigenvalue weighted by atomic mass is 10.2. The van der Waals surface area contributed by atoms with Crippen LogP contribution in [0, 0.1) is 0 Å². The Hall–Kier alpha value is -1.69. The summed E-state index contributed by atoms with van der Waals surface area (Å²) >= 11 is 0. The molecule has 1 aromatic carbocycles. The molecule has 1 rings (SSSR count). The molecular weight excluding hydrogens is 297 g/mol. The molecule has 2 atom stereocenters. The molecular formula is C13H18NO6P. The molecule has 0 fully saturated rings. The lowest BCUT2D eigenvalue weighted by molar-refractivity contribution is -0.140. The lowest BCUT2D eigenvalue weighted by Crippen LogP contribution is -2.38. The molecule has 21 heavy (non-hydrogen) atoms. The predicted molar refractivity (Wildman–Crippen MR) is 76.7 cm³/mol. The van der Waals surface area contributed by atoms with Gasteiger partial charge in [-0.15, -0.1) is 0 Å². The van der Waals surface area contributed by atoms with E-state index in [0.29, 0.717) is 5.30 Å². The average molecular weight is 315 g/mol. The van der Waals surface area contributed by atoms with Crippen molar-refractivity contribution in [3.8, 4) is 0 Å². The van der Waals surface area contributed by atoms with Crippen molar-refractivity contribution < 1.29 is 28.9 Å². The van der Waals surface area contributed by atoms with Gasteiger partial charge in [-0.1, -0.05) is 18.2 Å². The van der Waals surface area contributed by atoms with E-state index >= 15 is 0 Å². The van der Waals surface area contributed by atoms with Gasteiger partial charge in [0.25, 0.3) is 7.52 Å². The summed E-state index contributed by atoms with van der Waals surface area (Å²) in [5, 5.41) is 20.6. The van der Waals surface area contributed by atoms with E-state index in [2.05, 4.69) is 5.09 Å². The van der Waals surface area contributed by atoms with E-state index in [0.717, 1.165) is 0 Å². The summed E-state index contributed by atoms with van der Waals surface area (Å²) in [6.45, 7) is 1.77. The fraction of sp³-hybridized carbons (Fsp3) is 0.385. The number of carboxylic acid groups (broad SMARTS) is 2. The minimum absolute atomic E-state index is 0.129. The van der Waals surface area contributed by atoms with Crippen LogP contribution in [0.25, 0.3) is 0 Å². The fourth-order valence-corrected chi connectivity index (χ4v) is 3.66. The van der Waals surface area contributed by atoms with Crippen molar-refractivity contribution in [3.63, 3.8) is 0 Å². The van der Waals surface area contributed by atoms with Crippen LogP contribution >= 0.6 is 7.52 Å². The third kappa shape index (κ3) is 5.30. The number of hydrogen-bond donors (Lipinski definition) is 3. The molecule has 7 nitrogen and oxygen atoms in total. The molecule has 0 aliphatic rings. The van der Waals surface area contributed by atoms with E-state index in [4.69, 9.17) is 14.7 Å². The molecule has 1 aromatic rings. The van der Waals surface area contributed by atoms with Crippen LogP contribution in [0.5, 0.6) is 0 Å². The van der Waals surface area contributed by atoms with E-state index in [1.807, 2.05) is 0 Å². The topological polar surface area (TPSA) is 113 Å². The second kappa shape index (κ2) is 7.93. The summed E-state index contributed by atoms with van der Waals surface area (Å²) in [7, 11) is -3.57. The van der Waals surface area contributed by atoms with Crippen LogP contribution in [0.2, 0.25) is 0 Å². The lowest BCUT2D eigenvalue weighted by Gasteiger charge is -2.23.